The first-order valence-electron chi connectivity index (χ1n) is 5.60. The quantitative estimate of drug-likeness (QED) is 0.798. The van der Waals surface area contributed by atoms with Crippen molar-refractivity contribution in [1.29, 1.82) is 0 Å². The number of ether oxygens (including phenoxy) is 1. The van der Waals surface area contributed by atoms with Crippen LogP contribution in [-0.2, 0) is 11.3 Å². The van der Waals surface area contributed by atoms with E-state index in [4.69, 9.17) is 16.3 Å². The van der Waals surface area contributed by atoms with E-state index in [1.54, 1.807) is 35.1 Å². The van der Waals surface area contributed by atoms with Crippen LogP contribution >= 0.6 is 11.6 Å². The van der Waals surface area contributed by atoms with Crippen molar-refractivity contribution >= 4 is 17.6 Å². The highest BCUT2D eigenvalue weighted by Gasteiger charge is 2.14. The van der Waals surface area contributed by atoms with Gasteiger partial charge >= 0.3 is 5.97 Å². The molecule has 0 fully saturated rings. The predicted molar refractivity (Wildman–Crippen MR) is 68.6 cm³/mol. The van der Waals surface area contributed by atoms with Crippen molar-refractivity contribution in [2.75, 3.05) is 0 Å². The van der Waals surface area contributed by atoms with Gasteiger partial charge in [0.15, 0.2) is 0 Å². The Labute approximate surface area is 110 Å². The minimum Gasteiger partial charge on any atom is -0.457 e. The molecular formula is C13H13ClN2O2. The number of benzene rings is 1. The summed E-state index contributed by atoms with van der Waals surface area (Å²) in [4.78, 5) is 11.9. The molecule has 0 amide bonds. The van der Waals surface area contributed by atoms with Crippen molar-refractivity contribution in [3.8, 4) is 0 Å². The molecule has 5 heteroatoms. The molecule has 2 aromatic rings. The van der Waals surface area contributed by atoms with E-state index in [2.05, 4.69) is 5.10 Å². The normalized spacial score (nSPS) is 12.1. The van der Waals surface area contributed by atoms with Crippen LogP contribution in [0.1, 0.15) is 17.3 Å². The third-order valence-corrected chi connectivity index (χ3v) is 2.73. The number of hydrogen-bond acceptors (Lipinski definition) is 3. The number of rotatable bonds is 4. The van der Waals surface area contributed by atoms with E-state index in [9.17, 15) is 4.79 Å². The molecule has 94 valence electrons. The van der Waals surface area contributed by atoms with E-state index < -0.39 is 5.97 Å². The number of aromatic nitrogens is 2. The Hall–Kier alpha value is -1.81. The lowest BCUT2D eigenvalue weighted by atomic mass is 10.2. The summed E-state index contributed by atoms with van der Waals surface area (Å²) < 4.78 is 7.02. The van der Waals surface area contributed by atoms with E-state index in [0.29, 0.717) is 17.1 Å². The minimum absolute atomic E-state index is 0.270. The molecule has 1 unspecified atom stereocenters. The van der Waals surface area contributed by atoms with E-state index in [1.165, 1.54) is 0 Å². The summed E-state index contributed by atoms with van der Waals surface area (Å²) in [5, 5.41) is 4.45. The van der Waals surface area contributed by atoms with Gasteiger partial charge in [0.05, 0.1) is 17.1 Å². The van der Waals surface area contributed by atoms with Gasteiger partial charge in [0.1, 0.15) is 6.10 Å². The van der Waals surface area contributed by atoms with Gasteiger partial charge in [-0.2, -0.15) is 5.10 Å². The van der Waals surface area contributed by atoms with Crippen LogP contribution in [0.2, 0.25) is 5.02 Å². The van der Waals surface area contributed by atoms with Crippen LogP contribution in [0.15, 0.2) is 42.7 Å². The van der Waals surface area contributed by atoms with Crippen LogP contribution in [0.5, 0.6) is 0 Å². The molecule has 0 saturated carbocycles. The van der Waals surface area contributed by atoms with Crippen molar-refractivity contribution in [2.45, 2.75) is 19.6 Å². The summed E-state index contributed by atoms with van der Waals surface area (Å²) in [6, 6.07) is 8.65. The Morgan fingerprint density at radius 1 is 1.44 bits per heavy atom. The van der Waals surface area contributed by atoms with Crippen LogP contribution in [0, 0.1) is 0 Å². The highest BCUT2D eigenvalue weighted by Crippen LogP contribution is 2.16. The minimum atomic E-state index is -0.416. The van der Waals surface area contributed by atoms with Gasteiger partial charge in [-0.3, -0.25) is 4.68 Å². The summed E-state index contributed by atoms with van der Waals surface area (Å²) in [6.07, 6.45) is 3.23. The van der Waals surface area contributed by atoms with Gasteiger partial charge in [-0.1, -0.05) is 23.7 Å². The third kappa shape index (κ3) is 3.11. The zero-order valence-corrected chi connectivity index (χ0v) is 10.7. The van der Waals surface area contributed by atoms with E-state index >= 15 is 0 Å². The SMILES string of the molecule is CC(Cn1cccn1)OC(=O)c1ccccc1Cl. The molecule has 1 atom stereocenters. The molecule has 0 aliphatic rings. The second-order valence-electron chi connectivity index (χ2n) is 3.92. The van der Waals surface area contributed by atoms with Crippen molar-refractivity contribution in [3.63, 3.8) is 0 Å². The summed E-state index contributed by atoms with van der Waals surface area (Å²) in [6.45, 7) is 2.33. The second kappa shape index (κ2) is 5.69. The number of halogens is 1. The molecule has 0 bridgehead atoms. The molecule has 1 aromatic carbocycles. The van der Waals surface area contributed by atoms with Crippen LogP contribution < -0.4 is 0 Å². The van der Waals surface area contributed by atoms with Gasteiger partial charge in [0, 0.05) is 12.4 Å². The molecule has 0 radical (unpaired) electrons. The van der Waals surface area contributed by atoms with Gasteiger partial charge in [-0.15, -0.1) is 0 Å². The average molecular weight is 265 g/mol. The van der Waals surface area contributed by atoms with E-state index in [1.807, 2.05) is 19.2 Å². The van der Waals surface area contributed by atoms with Crippen LogP contribution in [0.4, 0.5) is 0 Å². The molecule has 0 N–H and O–H groups in total. The number of carbonyl (C=O) groups excluding carboxylic acids is 1. The lowest BCUT2D eigenvalue weighted by molar-refractivity contribution is 0.0299. The Balaban J connectivity index is 1.97. The molecule has 0 aliphatic carbocycles. The summed E-state index contributed by atoms with van der Waals surface area (Å²) in [7, 11) is 0. The second-order valence-corrected chi connectivity index (χ2v) is 4.33. The first kappa shape index (κ1) is 12.6. The lowest BCUT2D eigenvalue weighted by Gasteiger charge is -2.13. The smallest absolute Gasteiger partial charge is 0.339 e. The third-order valence-electron chi connectivity index (χ3n) is 2.41. The zero-order valence-electron chi connectivity index (χ0n) is 9.91. The highest BCUT2D eigenvalue weighted by atomic mass is 35.5. The molecule has 2 rings (SSSR count). The number of carbonyl (C=O) groups is 1. The molecule has 1 heterocycles. The fourth-order valence-electron chi connectivity index (χ4n) is 1.58. The first-order chi connectivity index (χ1) is 8.66. The van der Waals surface area contributed by atoms with Crippen molar-refractivity contribution in [2.24, 2.45) is 0 Å². The number of hydrogen-bond donors (Lipinski definition) is 0. The fraction of sp³-hybridized carbons (Fsp3) is 0.231. The average Bonchev–Trinajstić information content (AvgIpc) is 2.82. The van der Waals surface area contributed by atoms with Gasteiger partial charge in [0.2, 0.25) is 0 Å². The molecule has 0 saturated heterocycles. The Bertz CT molecular complexity index is 526. The summed E-state index contributed by atoms with van der Waals surface area (Å²) >= 11 is 5.93. The highest BCUT2D eigenvalue weighted by molar-refractivity contribution is 6.33. The monoisotopic (exact) mass is 264 g/mol. The molecule has 0 spiro atoms. The Morgan fingerprint density at radius 2 is 2.22 bits per heavy atom. The predicted octanol–water partition coefficient (Wildman–Crippen LogP) is 2.78. The first-order valence-corrected chi connectivity index (χ1v) is 5.97. The Kier molecular flexibility index (Phi) is 3.99. The maximum atomic E-state index is 11.9. The topological polar surface area (TPSA) is 44.1 Å². The van der Waals surface area contributed by atoms with E-state index in [0.717, 1.165) is 0 Å². The molecule has 1 aromatic heterocycles. The van der Waals surface area contributed by atoms with Crippen molar-refractivity contribution in [1.82, 2.24) is 9.78 Å². The van der Waals surface area contributed by atoms with E-state index in [-0.39, 0.29) is 6.10 Å². The maximum Gasteiger partial charge on any atom is 0.339 e. The van der Waals surface area contributed by atoms with Crippen molar-refractivity contribution < 1.29 is 9.53 Å². The number of esters is 1. The fourth-order valence-corrected chi connectivity index (χ4v) is 1.79. The largest absolute Gasteiger partial charge is 0.457 e. The molecule has 0 aliphatic heterocycles. The van der Waals surface area contributed by atoms with Crippen LogP contribution in [-0.4, -0.2) is 21.9 Å². The maximum absolute atomic E-state index is 11.9. The lowest BCUT2D eigenvalue weighted by Crippen LogP contribution is -2.21. The van der Waals surface area contributed by atoms with Gasteiger partial charge in [-0.25, -0.2) is 4.79 Å². The van der Waals surface area contributed by atoms with Gasteiger partial charge in [0.25, 0.3) is 0 Å². The zero-order chi connectivity index (χ0) is 13.0. The number of nitrogens with zero attached hydrogens (tertiary/aromatic N) is 2. The van der Waals surface area contributed by atoms with Crippen LogP contribution in [0.25, 0.3) is 0 Å². The molecule has 18 heavy (non-hydrogen) atoms. The standard InChI is InChI=1S/C13H13ClN2O2/c1-10(9-16-8-4-7-15-16)18-13(17)11-5-2-3-6-12(11)14/h2-8,10H,9H2,1H3. The molecule has 4 nitrogen and oxygen atoms in total. The van der Waals surface area contributed by atoms with Crippen LogP contribution in [0.3, 0.4) is 0 Å². The van der Waals surface area contributed by atoms with Gasteiger partial charge in [-0.05, 0) is 25.1 Å². The van der Waals surface area contributed by atoms with Crippen molar-refractivity contribution in [3.05, 3.63) is 53.3 Å². The van der Waals surface area contributed by atoms with Gasteiger partial charge < -0.3 is 4.74 Å². The Morgan fingerprint density at radius 3 is 2.89 bits per heavy atom. The molecular weight excluding hydrogens is 252 g/mol. The summed E-state index contributed by atoms with van der Waals surface area (Å²) in [5.41, 5.74) is 0.381. The summed E-state index contributed by atoms with van der Waals surface area (Å²) in [5.74, 6) is -0.416.